The topological polar surface area (TPSA) is 233 Å². The molecule has 2 aliphatic rings. The Kier molecular flexibility index (Phi) is 11.7. The quantitative estimate of drug-likeness (QED) is 0.0989. The Hall–Kier alpha value is -8.14. The Morgan fingerprint density at radius 1 is 0.588 bits per heavy atom. The van der Waals surface area contributed by atoms with Crippen molar-refractivity contribution in [1.29, 1.82) is 0 Å². The van der Waals surface area contributed by atoms with Gasteiger partial charge in [0.15, 0.2) is 22.7 Å². The number of aromatic nitrogens is 10. The lowest BCUT2D eigenvalue weighted by molar-refractivity contribution is -0.143. The van der Waals surface area contributed by atoms with Gasteiger partial charge in [-0.25, -0.2) is 9.97 Å². The van der Waals surface area contributed by atoms with Crippen LogP contribution < -0.4 is 5.73 Å². The zero-order valence-corrected chi connectivity index (χ0v) is 37.6. The van der Waals surface area contributed by atoms with E-state index in [0.717, 1.165) is 85.7 Å². The summed E-state index contributed by atoms with van der Waals surface area (Å²) in [6, 6.07) is 28.0. The van der Waals surface area contributed by atoms with Crippen LogP contribution in [-0.2, 0) is 9.59 Å². The molecular weight excluding hydrogens is 859 g/mol. The van der Waals surface area contributed by atoms with Gasteiger partial charge in [0.2, 0.25) is 0 Å². The number of hydrogen-bond donors (Lipinski definition) is 4. The molecule has 0 radical (unpaired) electrons. The molecule has 68 heavy (non-hydrogen) atoms. The van der Waals surface area contributed by atoms with Crippen LogP contribution in [0, 0.1) is 18.8 Å². The third-order valence-corrected chi connectivity index (χ3v) is 13.6. The molecule has 0 bridgehead atoms. The Morgan fingerprint density at radius 2 is 1.06 bits per heavy atom. The highest BCUT2D eigenvalue weighted by atomic mass is 16.4. The second kappa shape index (κ2) is 18.3. The maximum absolute atomic E-state index is 12.5. The van der Waals surface area contributed by atoms with Gasteiger partial charge < -0.3 is 15.9 Å². The first-order valence-electron chi connectivity index (χ1n) is 22.9. The van der Waals surface area contributed by atoms with Crippen LogP contribution in [0.1, 0.15) is 97.6 Å². The predicted molar refractivity (Wildman–Crippen MR) is 257 cm³/mol. The van der Waals surface area contributed by atoms with Crippen molar-refractivity contribution in [3.05, 3.63) is 132 Å². The molecule has 11 rings (SSSR count). The van der Waals surface area contributed by atoms with Gasteiger partial charge in [-0.15, -0.1) is 0 Å². The Labute approximate surface area is 390 Å². The van der Waals surface area contributed by atoms with Gasteiger partial charge in [0, 0.05) is 63.3 Å². The van der Waals surface area contributed by atoms with E-state index in [2.05, 4.69) is 30.4 Å². The van der Waals surface area contributed by atoms with Gasteiger partial charge in [-0.1, -0.05) is 72.8 Å². The first-order chi connectivity index (χ1) is 33.0. The number of nitrogens with zero attached hydrogens (tertiary/aromatic N) is 9. The van der Waals surface area contributed by atoms with Crippen molar-refractivity contribution in [1.82, 2.24) is 49.4 Å². The van der Waals surface area contributed by atoms with Gasteiger partial charge in [-0.2, -0.15) is 24.3 Å². The molecule has 9 aromatic rings. The predicted octanol–water partition coefficient (Wildman–Crippen LogP) is 9.60. The fraction of sp³-hybridized carbons (Fsp3) is 0.269. The van der Waals surface area contributed by atoms with Crippen molar-refractivity contribution in [3.63, 3.8) is 0 Å². The van der Waals surface area contributed by atoms with Crippen LogP contribution >= 0.6 is 0 Å². The van der Waals surface area contributed by atoms with Crippen LogP contribution in [-0.4, -0.2) is 77.3 Å². The average Bonchev–Trinajstić information content (AvgIpc) is 4.12. The molecule has 2 saturated carbocycles. The number of aromatic amines is 1. The van der Waals surface area contributed by atoms with Crippen molar-refractivity contribution in [3.8, 4) is 44.8 Å². The molecule has 0 aliphatic heterocycles. The summed E-state index contributed by atoms with van der Waals surface area (Å²) in [6.45, 7) is 3.47. The first kappa shape index (κ1) is 43.7. The summed E-state index contributed by atoms with van der Waals surface area (Å²) in [7, 11) is 0. The number of pyridine rings is 2. The number of aliphatic carboxylic acids is 2. The highest BCUT2D eigenvalue weighted by Crippen LogP contribution is 2.41. The number of Topliss-reactive ketones (excluding diaryl/α,β-unsaturated/α-hetero) is 1. The number of carboxylic acids is 2. The minimum Gasteiger partial charge on any atom is -0.481 e. The molecule has 342 valence electrons. The Balaban J connectivity index is 0.000000159. The van der Waals surface area contributed by atoms with E-state index in [0.29, 0.717) is 55.4 Å². The summed E-state index contributed by atoms with van der Waals surface area (Å²) in [5, 5.41) is 36.4. The fourth-order valence-electron chi connectivity index (χ4n) is 9.94. The second-order valence-electron chi connectivity index (χ2n) is 17.8. The molecule has 16 heteroatoms. The molecule has 0 atom stereocenters. The van der Waals surface area contributed by atoms with Gasteiger partial charge >= 0.3 is 11.9 Å². The molecule has 2 aliphatic carbocycles. The lowest BCUT2D eigenvalue weighted by Crippen LogP contribution is -2.23. The van der Waals surface area contributed by atoms with Crippen LogP contribution in [0.3, 0.4) is 0 Å². The minimum atomic E-state index is -0.766. The second-order valence-corrected chi connectivity index (χ2v) is 17.8. The van der Waals surface area contributed by atoms with Gasteiger partial charge in [-0.05, 0) is 77.3 Å². The number of benzene rings is 2. The molecule has 0 saturated heterocycles. The van der Waals surface area contributed by atoms with Crippen molar-refractivity contribution in [2.75, 3.05) is 5.73 Å². The Morgan fingerprint density at radius 3 is 1.53 bits per heavy atom. The van der Waals surface area contributed by atoms with Crippen LogP contribution in [0.5, 0.6) is 0 Å². The zero-order chi connectivity index (χ0) is 47.1. The number of aryl methyl sites for hydroxylation is 1. The van der Waals surface area contributed by atoms with Crippen LogP contribution in [0.4, 0.5) is 5.82 Å². The first-order valence-corrected chi connectivity index (χ1v) is 22.9. The molecule has 16 nitrogen and oxygen atoms in total. The van der Waals surface area contributed by atoms with E-state index < -0.39 is 11.9 Å². The third kappa shape index (κ3) is 8.22. The fourth-order valence-corrected chi connectivity index (χ4v) is 9.94. The molecule has 7 heterocycles. The highest BCUT2D eigenvalue weighted by Gasteiger charge is 2.33. The van der Waals surface area contributed by atoms with Crippen LogP contribution in [0.2, 0.25) is 0 Å². The van der Waals surface area contributed by atoms with Crippen LogP contribution in [0.25, 0.3) is 67.1 Å². The lowest BCUT2D eigenvalue weighted by atomic mass is 9.79. The maximum Gasteiger partial charge on any atom is 0.306 e. The van der Waals surface area contributed by atoms with E-state index in [-0.39, 0.29) is 35.3 Å². The monoisotopic (exact) mass is 907 g/mol. The van der Waals surface area contributed by atoms with Gasteiger partial charge in [0.1, 0.15) is 5.82 Å². The van der Waals surface area contributed by atoms with E-state index >= 15 is 0 Å². The van der Waals surface area contributed by atoms with Gasteiger partial charge in [0.05, 0.1) is 58.0 Å². The molecule has 2 aromatic carbocycles. The minimum absolute atomic E-state index is 0.0249. The number of ketones is 1. The van der Waals surface area contributed by atoms with E-state index in [9.17, 15) is 24.6 Å². The number of anilines is 1. The summed E-state index contributed by atoms with van der Waals surface area (Å²) in [5.74, 6) is -1.82. The molecule has 2 fully saturated rings. The summed E-state index contributed by atoms with van der Waals surface area (Å²) in [4.78, 5) is 54.6. The summed E-state index contributed by atoms with van der Waals surface area (Å²) in [6.07, 6.45) is 12.5. The van der Waals surface area contributed by atoms with E-state index in [1.807, 2.05) is 104 Å². The largest absolute Gasteiger partial charge is 0.481 e. The normalized spacial score (nSPS) is 18.3. The Bertz CT molecular complexity index is 3310. The molecule has 7 aromatic heterocycles. The van der Waals surface area contributed by atoms with E-state index in [4.69, 9.17) is 15.7 Å². The van der Waals surface area contributed by atoms with Gasteiger partial charge in [-0.3, -0.25) is 29.5 Å². The standard InChI is InChI=1S/C26H24N6O2.C26H25N5O3/c1-15-22-23(17-7-9-18(10-8-17)26(33)34)29-24-20(14-28-32(24)25(22)31-30-15)19-11-12-21(27-13-19)16-5-3-2-4-6-16;1-15(32)22-23(17-7-9-18(10-8-17)26(33)34)30-25-20(14-29-31(25)24(22)27)19-11-12-21(28-13-19)16-5-3-2-4-6-16/h2-6,11-14,17-18H,7-10H2,1H3,(H,30,31)(H,33,34);2-6,11-14,17-18H,7-10,27H2,1H3,(H,33,34). The average molecular weight is 908 g/mol. The third-order valence-electron chi connectivity index (χ3n) is 13.6. The smallest absolute Gasteiger partial charge is 0.306 e. The number of carbonyl (C=O) groups is 3. The maximum atomic E-state index is 12.5. The number of rotatable bonds is 9. The number of hydrogen-bond acceptors (Lipinski definition) is 11. The molecule has 0 unspecified atom stereocenters. The number of nitrogens with one attached hydrogen (secondary N) is 1. The number of carbonyl (C=O) groups excluding carboxylic acids is 1. The summed E-state index contributed by atoms with van der Waals surface area (Å²) < 4.78 is 3.29. The SMILES string of the molecule is CC(=O)c1c(C2CCC(C(=O)O)CC2)nc2c(-c3ccc(-c4ccccc4)nc3)cnn2c1N.Cc1[nH]nc2c1c(C1CCC(C(=O)O)CC1)nc1c(-c3ccc(-c4ccccc4)nc3)cnn12. The number of H-pyrrole nitrogens is 1. The van der Waals surface area contributed by atoms with Crippen molar-refractivity contribution >= 4 is 45.9 Å². The molecule has 0 amide bonds. The zero-order valence-electron chi connectivity index (χ0n) is 37.6. The summed E-state index contributed by atoms with van der Waals surface area (Å²) in [5.41, 5.74) is 18.7. The number of nitrogens with two attached hydrogens (primary N) is 1. The number of fused-ring (bicyclic) bond motifs is 4. The molecule has 5 N–H and O–H groups in total. The summed E-state index contributed by atoms with van der Waals surface area (Å²) >= 11 is 0. The molecular formula is C52H49N11O5. The van der Waals surface area contributed by atoms with Crippen molar-refractivity contribution in [2.24, 2.45) is 11.8 Å². The van der Waals surface area contributed by atoms with Crippen LogP contribution in [0.15, 0.2) is 110 Å². The number of nitrogen functional groups attached to an aromatic ring is 1. The highest BCUT2D eigenvalue weighted by molar-refractivity contribution is 6.00. The van der Waals surface area contributed by atoms with E-state index in [1.165, 1.54) is 11.4 Å². The van der Waals surface area contributed by atoms with Crippen molar-refractivity contribution in [2.45, 2.75) is 77.0 Å². The van der Waals surface area contributed by atoms with Gasteiger partial charge in [0.25, 0.3) is 0 Å². The molecule has 0 spiro atoms. The lowest BCUT2D eigenvalue weighted by Gasteiger charge is -2.27. The van der Waals surface area contributed by atoms with Crippen molar-refractivity contribution < 1.29 is 24.6 Å². The number of carboxylic acid groups (broad SMARTS) is 2. The van der Waals surface area contributed by atoms with E-state index in [1.54, 1.807) is 16.9 Å².